The van der Waals surface area contributed by atoms with Crippen molar-refractivity contribution < 1.29 is 14.8 Å². The van der Waals surface area contributed by atoms with Crippen molar-refractivity contribution in [3.05, 3.63) is 27.1 Å². The van der Waals surface area contributed by atoms with Crippen molar-refractivity contribution in [2.75, 3.05) is 13.1 Å². The molecule has 1 aromatic rings. The zero-order valence-electron chi connectivity index (χ0n) is 11.2. The molecule has 0 unspecified atom stereocenters. The summed E-state index contributed by atoms with van der Waals surface area (Å²) in [5.41, 5.74) is 0.991. The Hall–Kier alpha value is -1.47. The van der Waals surface area contributed by atoms with Crippen molar-refractivity contribution in [3.8, 4) is 0 Å². The van der Waals surface area contributed by atoms with Gasteiger partial charge in [0.2, 0.25) is 0 Å². The average Bonchev–Trinajstić information content (AvgIpc) is 2.86. The second kappa shape index (κ2) is 6.81. The van der Waals surface area contributed by atoms with Gasteiger partial charge in [-0.1, -0.05) is 11.3 Å². The van der Waals surface area contributed by atoms with Gasteiger partial charge in [0.25, 0.3) is 0 Å². The van der Waals surface area contributed by atoms with Gasteiger partial charge in [-0.15, -0.1) is 0 Å². The van der Waals surface area contributed by atoms with E-state index in [1.165, 1.54) is 11.3 Å². The number of aliphatic carboxylic acids is 1. The van der Waals surface area contributed by atoms with E-state index in [0.29, 0.717) is 5.92 Å². The van der Waals surface area contributed by atoms with Gasteiger partial charge in [0, 0.05) is 24.4 Å². The minimum absolute atomic E-state index is 0.191. The molecule has 0 aromatic carbocycles. The molecule has 0 bridgehead atoms. The highest BCUT2D eigenvalue weighted by Gasteiger charge is 2.20. The summed E-state index contributed by atoms with van der Waals surface area (Å²) in [6.07, 6.45) is 3.04. The molecule has 0 saturated carbocycles. The van der Waals surface area contributed by atoms with Crippen molar-refractivity contribution in [3.63, 3.8) is 0 Å². The van der Waals surface area contributed by atoms with Crippen LogP contribution in [0.25, 0.3) is 0 Å². The third-order valence-electron chi connectivity index (χ3n) is 3.70. The quantitative estimate of drug-likeness (QED) is 0.645. The molecule has 6 nitrogen and oxygen atoms in total. The molecule has 20 heavy (non-hydrogen) atoms. The van der Waals surface area contributed by atoms with Crippen molar-refractivity contribution in [2.24, 2.45) is 5.92 Å². The molecule has 110 valence electrons. The van der Waals surface area contributed by atoms with Crippen LogP contribution in [-0.4, -0.2) is 34.0 Å². The van der Waals surface area contributed by atoms with Crippen LogP contribution in [0.2, 0.25) is 0 Å². The highest BCUT2D eigenvalue weighted by Crippen LogP contribution is 2.26. The molecule has 7 heteroatoms. The van der Waals surface area contributed by atoms with Crippen molar-refractivity contribution in [2.45, 2.75) is 32.2 Å². The van der Waals surface area contributed by atoms with E-state index in [0.717, 1.165) is 44.5 Å². The number of carboxylic acid groups (broad SMARTS) is 1. The van der Waals surface area contributed by atoms with Crippen LogP contribution in [0.4, 0.5) is 5.00 Å². The number of hydrogen-bond acceptors (Lipinski definition) is 5. The van der Waals surface area contributed by atoms with Crippen molar-refractivity contribution in [1.82, 2.24) is 4.90 Å². The molecule has 2 heterocycles. The van der Waals surface area contributed by atoms with E-state index < -0.39 is 5.97 Å². The van der Waals surface area contributed by atoms with Crippen LogP contribution in [0.15, 0.2) is 11.4 Å². The normalized spacial score (nSPS) is 17.2. The van der Waals surface area contributed by atoms with Crippen molar-refractivity contribution in [1.29, 1.82) is 0 Å². The highest BCUT2D eigenvalue weighted by molar-refractivity contribution is 7.13. The standard InChI is InChI=1S/C13H18N2O4S/c16-13(17)2-1-10-3-5-14(6-4-10)8-11-7-12(15(18)19)20-9-11/h7,9-10H,1-6,8H2,(H,16,17). The van der Waals surface area contributed by atoms with Gasteiger partial charge in [-0.3, -0.25) is 19.8 Å². The lowest BCUT2D eigenvalue weighted by molar-refractivity contribution is -0.380. The Kier molecular flexibility index (Phi) is 5.08. The second-order valence-corrected chi connectivity index (χ2v) is 6.09. The predicted octanol–water partition coefficient (Wildman–Crippen LogP) is 2.73. The maximum atomic E-state index is 10.6. The Morgan fingerprint density at radius 2 is 2.20 bits per heavy atom. The van der Waals surface area contributed by atoms with E-state index in [1.54, 1.807) is 6.07 Å². The number of hydrogen-bond donors (Lipinski definition) is 1. The van der Waals surface area contributed by atoms with Crippen LogP contribution in [0, 0.1) is 16.0 Å². The summed E-state index contributed by atoms with van der Waals surface area (Å²) in [6, 6.07) is 1.64. The minimum Gasteiger partial charge on any atom is -0.481 e. The number of nitro groups is 1. The molecule has 1 saturated heterocycles. The van der Waals surface area contributed by atoms with Gasteiger partial charge in [-0.25, -0.2) is 0 Å². The molecule has 0 atom stereocenters. The Balaban J connectivity index is 1.76. The Morgan fingerprint density at radius 3 is 2.75 bits per heavy atom. The van der Waals surface area contributed by atoms with Gasteiger partial charge >= 0.3 is 11.0 Å². The first-order valence-corrected chi connectivity index (χ1v) is 7.58. The molecular formula is C13H18N2O4S. The van der Waals surface area contributed by atoms with Crippen LogP contribution in [0.1, 0.15) is 31.2 Å². The number of nitrogens with zero attached hydrogens (tertiary/aromatic N) is 2. The monoisotopic (exact) mass is 298 g/mol. The fourth-order valence-electron chi connectivity index (χ4n) is 2.56. The Bertz CT molecular complexity index is 480. The van der Waals surface area contributed by atoms with Gasteiger partial charge in [0.05, 0.1) is 4.92 Å². The van der Waals surface area contributed by atoms with Crippen LogP contribution >= 0.6 is 11.3 Å². The van der Waals surface area contributed by atoms with Crippen molar-refractivity contribution >= 4 is 22.3 Å². The number of thiophene rings is 1. The Morgan fingerprint density at radius 1 is 1.50 bits per heavy atom. The first-order chi connectivity index (χ1) is 9.54. The maximum Gasteiger partial charge on any atom is 0.324 e. The summed E-state index contributed by atoms with van der Waals surface area (Å²) >= 11 is 1.17. The van der Waals surface area contributed by atoms with E-state index in [9.17, 15) is 14.9 Å². The molecule has 2 rings (SSSR count). The SMILES string of the molecule is O=C(O)CCC1CCN(Cc2csc([N+](=O)[O-])c2)CC1. The summed E-state index contributed by atoms with van der Waals surface area (Å²) in [7, 11) is 0. The smallest absolute Gasteiger partial charge is 0.324 e. The van der Waals surface area contributed by atoms with E-state index in [4.69, 9.17) is 5.11 Å². The molecule has 0 radical (unpaired) electrons. The van der Waals surface area contributed by atoms with Crippen LogP contribution in [0.3, 0.4) is 0 Å². The van der Waals surface area contributed by atoms with Crippen LogP contribution < -0.4 is 0 Å². The zero-order valence-corrected chi connectivity index (χ0v) is 12.0. The molecule has 0 amide bonds. The molecule has 1 aromatic heterocycles. The summed E-state index contributed by atoms with van der Waals surface area (Å²) in [4.78, 5) is 23.1. The largest absolute Gasteiger partial charge is 0.481 e. The van der Waals surface area contributed by atoms with E-state index in [1.807, 2.05) is 5.38 Å². The van der Waals surface area contributed by atoms with Gasteiger partial charge in [-0.05, 0) is 43.8 Å². The Labute approximate surface area is 121 Å². The fraction of sp³-hybridized carbons (Fsp3) is 0.615. The van der Waals surface area contributed by atoms with E-state index in [2.05, 4.69) is 4.90 Å². The maximum absolute atomic E-state index is 10.6. The topological polar surface area (TPSA) is 83.7 Å². The summed E-state index contributed by atoms with van der Waals surface area (Å²) in [6.45, 7) is 2.62. The summed E-state index contributed by atoms with van der Waals surface area (Å²) in [5.74, 6) is -0.225. The molecule has 1 aliphatic rings. The van der Waals surface area contributed by atoms with Gasteiger partial charge in [0.1, 0.15) is 0 Å². The second-order valence-electron chi connectivity index (χ2n) is 5.20. The molecule has 0 aliphatic carbocycles. The molecular weight excluding hydrogens is 280 g/mol. The third-order valence-corrected chi connectivity index (χ3v) is 4.63. The summed E-state index contributed by atoms with van der Waals surface area (Å²) < 4.78 is 0. The lowest BCUT2D eigenvalue weighted by Gasteiger charge is -2.31. The number of piperidine rings is 1. The number of carbonyl (C=O) groups is 1. The fourth-order valence-corrected chi connectivity index (χ4v) is 3.28. The number of rotatable bonds is 6. The minimum atomic E-state index is -0.724. The van der Waals surface area contributed by atoms with Gasteiger partial charge in [-0.2, -0.15) is 0 Å². The summed E-state index contributed by atoms with van der Waals surface area (Å²) in [5, 5.41) is 21.3. The molecule has 1 N–H and O–H groups in total. The van der Waals surface area contributed by atoms with Gasteiger partial charge < -0.3 is 5.11 Å². The van der Waals surface area contributed by atoms with E-state index in [-0.39, 0.29) is 16.3 Å². The zero-order chi connectivity index (χ0) is 14.5. The number of likely N-dealkylation sites (tertiary alicyclic amines) is 1. The number of carboxylic acids is 1. The lowest BCUT2D eigenvalue weighted by atomic mass is 9.92. The van der Waals surface area contributed by atoms with Gasteiger partial charge in [0.15, 0.2) is 0 Å². The third kappa shape index (κ3) is 4.28. The molecule has 1 fully saturated rings. The highest BCUT2D eigenvalue weighted by atomic mass is 32.1. The molecule has 0 spiro atoms. The lowest BCUT2D eigenvalue weighted by Crippen LogP contribution is -2.33. The first-order valence-electron chi connectivity index (χ1n) is 6.70. The molecule has 1 aliphatic heterocycles. The first kappa shape index (κ1) is 14.9. The van der Waals surface area contributed by atoms with E-state index >= 15 is 0 Å². The van der Waals surface area contributed by atoms with Crippen LogP contribution in [0.5, 0.6) is 0 Å². The average molecular weight is 298 g/mol. The van der Waals surface area contributed by atoms with Crippen LogP contribution in [-0.2, 0) is 11.3 Å². The predicted molar refractivity (Wildman–Crippen MR) is 75.8 cm³/mol.